The first-order valence-electron chi connectivity index (χ1n) is 10.7. The highest BCUT2D eigenvalue weighted by Crippen LogP contribution is 2.34. The Balaban J connectivity index is 1.60. The van der Waals surface area contributed by atoms with Crippen molar-refractivity contribution < 1.29 is 13.2 Å². The largest absolute Gasteiger partial charge is 0.339 e. The van der Waals surface area contributed by atoms with Gasteiger partial charge in [0.2, 0.25) is 0 Å². The van der Waals surface area contributed by atoms with Gasteiger partial charge in [-0.05, 0) is 68.1 Å². The van der Waals surface area contributed by atoms with Crippen LogP contribution in [0.15, 0.2) is 87.5 Å². The molecule has 32 heavy (non-hydrogen) atoms. The van der Waals surface area contributed by atoms with E-state index in [0.717, 1.165) is 47.7 Å². The van der Waals surface area contributed by atoms with E-state index in [0.29, 0.717) is 11.3 Å². The smallest absolute Gasteiger partial charge is 0.261 e. The average molecular weight is 467 g/mol. The molecule has 1 N–H and O–H groups in total. The third-order valence-electron chi connectivity index (χ3n) is 5.50. The van der Waals surface area contributed by atoms with Crippen molar-refractivity contribution in [2.24, 2.45) is 0 Å². The van der Waals surface area contributed by atoms with Gasteiger partial charge in [-0.15, -0.1) is 0 Å². The zero-order valence-electron chi connectivity index (χ0n) is 18.0. The van der Waals surface area contributed by atoms with Gasteiger partial charge in [0.05, 0.1) is 10.6 Å². The summed E-state index contributed by atoms with van der Waals surface area (Å²) in [5.41, 5.74) is 1.73. The maximum Gasteiger partial charge on any atom is 0.261 e. The highest BCUT2D eigenvalue weighted by atomic mass is 32.2. The van der Waals surface area contributed by atoms with Crippen molar-refractivity contribution in [3.05, 3.63) is 83.9 Å². The van der Waals surface area contributed by atoms with Crippen LogP contribution in [-0.2, 0) is 10.0 Å². The first-order valence-corrected chi connectivity index (χ1v) is 13.0. The minimum absolute atomic E-state index is 0.0861. The van der Waals surface area contributed by atoms with Crippen molar-refractivity contribution >= 4 is 33.4 Å². The molecule has 3 aromatic carbocycles. The fraction of sp³-hybridized carbons (Fsp3) is 0.240. The molecule has 0 saturated carbocycles. The summed E-state index contributed by atoms with van der Waals surface area (Å²) in [4.78, 5) is 16.8. The van der Waals surface area contributed by atoms with Crippen LogP contribution in [0.5, 0.6) is 0 Å². The van der Waals surface area contributed by atoms with Gasteiger partial charge in [-0.25, -0.2) is 8.42 Å². The molecule has 0 bridgehead atoms. The van der Waals surface area contributed by atoms with Crippen LogP contribution in [0.2, 0.25) is 0 Å². The van der Waals surface area contributed by atoms with E-state index in [9.17, 15) is 13.2 Å². The minimum Gasteiger partial charge on any atom is -0.339 e. The zero-order valence-corrected chi connectivity index (χ0v) is 19.6. The minimum atomic E-state index is -3.87. The normalized spacial score (nSPS) is 14.2. The summed E-state index contributed by atoms with van der Waals surface area (Å²) in [6, 6.07) is 21.9. The maximum absolute atomic E-state index is 13.2. The molecule has 1 heterocycles. The number of piperidine rings is 1. The lowest BCUT2D eigenvalue weighted by atomic mass is 10.1. The van der Waals surface area contributed by atoms with Gasteiger partial charge in [-0.1, -0.05) is 48.2 Å². The number of rotatable bonds is 6. The second kappa shape index (κ2) is 9.79. The van der Waals surface area contributed by atoms with Gasteiger partial charge in [0.1, 0.15) is 0 Å². The molecule has 3 aromatic rings. The number of aryl methyl sites for hydroxylation is 1. The molecule has 1 fully saturated rings. The average Bonchev–Trinajstić information content (AvgIpc) is 2.81. The van der Waals surface area contributed by atoms with E-state index in [2.05, 4.69) is 4.72 Å². The number of nitrogens with one attached hydrogen (secondary N) is 1. The van der Waals surface area contributed by atoms with Crippen molar-refractivity contribution in [2.75, 3.05) is 17.8 Å². The summed E-state index contributed by atoms with van der Waals surface area (Å²) in [5.74, 6) is -0.0979. The number of amides is 1. The molecule has 0 radical (unpaired) electrons. The summed E-state index contributed by atoms with van der Waals surface area (Å²) >= 11 is 1.49. The van der Waals surface area contributed by atoms with E-state index < -0.39 is 10.0 Å². The molecule has 1 amide bonds. The molecule has 0 atom stereocenters. The van der Waals surface area contributed by atoms with E-state index in [1.165, 1.54) is 17.8 Å². The quantitative estimate of drug-likeness (QED) is 0.515. The van der Waals surface area contributed by atoms with Crippen LogP contribution in [0, 0.1) is 6.92 Å². The SMILES string of the molecule is Cc1ccc(S(=O)(=O)Nc2ccccc2Sc2ccccc2)cc1C(=O)N1CCCCC1. The topological polar surface area (TPSA) is 66.5 Å². The van der Waals surface area contributed by atoms with E-state index in [1.807, 2.05) is 54.3 Å². The molecule has 7 heteroatoms. The van der Waals surface area contributed by atoms with Gasteiger partial charge in [0.25, 0.3) is 15.9 Å². The van der Waals surface area contributed by atoms with Gasteiger partial charge in [0.15, 0.2) is 0 Å². The van der Waals surface area contributed by atoms with Crippen LogP contribution in [-0.4, -0.2) is 32.3 Å². The number of benzene rings is 3. The van der Waals surface area contributed by atoms with Crippen LogP contribution in [0.3, 0.4) is 0 Å². The van der Waals surface area contributed by atoms with Crippen molar-refractivity contribution in [3.63, 3.8) is 0 Å². The second-order valence-electron chi connectivity index (χ2n) is 7.85. The fourth-order valence-corrected chi connectivity index (χ4v) is 5.82. The van der Waals surface area contributed by atoms with Crippen LogP contribution in [0.4, 0.5) is 5.69 Å². The molecule has 1 aliphatic heterocycles. The first-order chi connectivity index (χ1) is 15.4. The predicted molar refractivity (Wildman–Crippen MR) is 129 cm³/mol. The summed E-state index contributed by atoms with van der Waals surface area (Å²) < 4.78 is 29.2. The van der Waals surface area contributed by atoms with Crippen LogP contribution in [0.25, 0.3) is 0 Å². The number of nitrogens with zero attached hydrogens (tertiary/aromatic N) is 1. The predicted octanol–water partition coefficient (Wildman–Crippen LogP) is 5.57. The summed E-state index contributed by atoms with van der Waals surface area (Å²) in [6.45, 7) is 3.28. The molecule has 0 aromatic heterocycles. The molecule has 5 nitrogen and oxygen atoms in total. The van der Waals surface area contributed by atoms with Gasteiger partial charge < -0.3 is 4.90 Å². The van der Waals surface area contributed by atoms with Crippen LogP contribution < -0.4 is 4.72 Å². The highest BCUT2D eigenvalue weighted by Gasteiger charge is 2.23. The Morgan fingerprint density at radius 1 is 0.906 bits per heavy atom. The van der Waals surface area contributed by atoms with E-state index in [4.69, 9.17) is 0 Å². The highest BCUT2D eigenvalue weighted by molar-refractivity contribution is 7.99. The molecule has 166 valence electrons. The van der Waals surface area contributed by atoms with Gasteiger partial charge in [-0.2, -0.15) is 0 Å². The van der Waals surface area contributed by atoms with Crippen LogP contribution in [0.1, 0.15) is 35.2 Å². The third-order valence-corrected chi connectivity index (χ3v) is 7.94. The maximum atomic E-state index is 13.2. The lowest BCUT2D eigenvalue weighted by Gasteiger charge is -2.27. The summed E-state index contributed by atoms with van der Waals surface area (Å²) in [5, 5.41) is 0. The molecule has 0 aliphatic carbocycles. The summed E-state index contributed by atoms with van der Waals surface area (Å²) in [7, 11) is -3.87. The van der Waals surface area contributed by atoms with E-state index in [1.54, 1.807) is 24.3 Å². The molecule has 1 aliphatic rings. The Kier molecular flexibility index (Phi) is 6.86. The fourth-order valence-electron chi connectivity index (χ4n) is 3.73. The van der Waals surface area contributed by atoms with Crippen molar-refractivity contribution in [3.8, 4) is 0 Å². The Hall–Kier alpha value is -2.77. The number of anilines is 1. The van der Waals surface area contributed by atoms with Crippen molar-refractivity contribution in [2.45, 2.75) is 40.9 Å². The van der Waals surface area contributed by atoms with E-state index in [-0.39, 0.29) is 10.8 Å². The monoisotopic (exact) mass is 466 g/mol. The Labute approximate surface area is 193 Å². The molecule has 0 spiro atoms. The molecule has 4 rings (SSSR count). The van der Waals surface area contributed by atoms with Gasteiger partial charge in [-0.3, -0.25) is 9.52 Å². The van der Waals surface area contributed by atoms with Crippen molar-refractivity contribution in [1.82, 2.24) is 4.90 Å². The number of likely N-dealkylation sites (tertiary alicyclic amines) is 1. The first kappa shape index (κ1) is 22.4. The zero-order chi connectivity index (χ0) is 22.6. The van der Waals surface area contributed by atoms with Crippen molar-refractivity contribution in [1.29, 1.82) is 0 Å². The Morgan fingerprint density at radius 3 is 2.34 bits per heavy atom. The third kappa shape index (κ3) is 5.16. The number of sulfonamides is 1. The lowest BCUT2D eigenvalue weighted by Crippen LogP contribution is -2.36. The molecule has 1 saturated heterocycles. The number of hydrogen-bond acceptors (Lipinski definition) is 4. The second-order valence-corrected chi connectivity index (χ2v) is 10.6. The lowest BCUT2D eigenvalue weighted by molar-refractivity contribution is 0.0723. The number of para-hydroxylation sites is 1. The molecular weight excluding hydrogens is 440 g/mol. The Bertz CT molecular complexity index is 1200. The summed E-state index contributed by atoms with van der Waals surface area (Å²) in [6.07, 6.45) is 3.10. The molecule has 0 unspecified atom stereocenters. The molecular formula is C25H26N2O3S2. The number of carbonyl (C=O) groups excluding carboxylic acids is 1. The van der Waals surface area contributed by atoms with Gasteiger partial charge in [0, 0.05) is 28.4 Å². The van der Waals surface area contributed by atoms with Crippen LogP contribution >= 0.6 is 11.8 Å². The number of hydrogen-bond donors (Lipinski definition) is 1. The van der Waals surface area contributed by atoms with Gasteiger partial charge >= 0.3 is 0 Å². The Morgan fingerprint density at radius 2 is 1.59 bits per heavy atom. The standard InChI is InChI=1S/C25H26N2O3S2/c1-19-14-15-21(18-22(19)25(28)27-16-8-3-9-17-27)32(29,30)26-23-12-6-7-13-24(23)31-20-10-4-2-5-11-20/h2,4-7,10-15,18,26H,3,8-9,16-17H2,1H3. The number of carbonyl (C=O) groups is 1. The van der Waals surface area contributed by atoms with E-state index >= 15 is 0 Å².